The highest BCUT2D eigenvalue weighted by Crippen LogP contribution is 2.20. The molecule has 0 fully saturated rings. The Morgan fingerprint density at radius 2 is 2.38 bits per heavy atom. The topological polar surface area (TPSA) is 67.2 Å². The highest BCUT2D eigenvalue weighted by Gasteiger charge is 2.11. The lowest BCUT2D eigenvalue weighted by Gasteiger charge is -2.03. The summed E-state index contributed by atoms with van der Waals surface area (Å²) in [4.78, 5) is 17.7. The monoisotopic (exact) mass is 303 g/mol. The molecule has 2 aromatic heterocycles. The lowest BCUT2D eigenvalue weighted by molar-refractivity contribution is 0.0958. The molecule has 2 N–H and O–H groups in total. The van der Waals surface area contributed by atoms with Crippen molar-refractivity contribution in [3.05, 3.63) is 39.6 Å². The molecule has 1 amide bonds. The van der Waals surface area contributed by atoms with Gasteiger partial charge in [0.2, 0.25) is 0 Å². The molecule has 5 nitrogen and oxygen atoms in total. The van der Waals surface area contributed by atoms with Gasteiger partial charge in [-0.2, -0.15) is 0 Å². The zero-order valence-corrected chi connectivity index (χ0v) is 12.8. The third-order valence-electron chi connectivity index (χ3n) is 2.98. The number of hydrogen-bond donors (Lipinski definition) is 2. The number of nitrogens with one attached hydrogen (secondary N) is 1. The van der Waals surface area contributed by atoms with Gasteiger partial charge in [-0.3, -0.25) is 4.79 Å². The van der Waals surface area contributed by atoms with Crippen molar-refractivity contribution in [3.8, 4) is 11.8 Å². The van der Waals surface area contributed by atoms with Gasteiger partial charge < -0.3 is 15.0 Å². The van der Waals surface area contributed by atoms with E-state index in [9.17, 15) is 4.79 Å². The maximum atomic E-state index is 12.1. The Bertz CT molecular complexity index is 691. The van der Waals surface area contributed by atoms with Crippen molar-refractivity contribution in [3.63, 3.8) is 0 Å². The van der Waals surface area contributed by atoms with Crippen LogP contribution >= 0.6 is 11.3 Å². The summed E-state index contributed by atoms with van der Waals surface area (Å²) in [6.07, 6.45) is 4.31. The summed E-state index contributed by atoms with van der Waals surface area (Å²) in [5.74, 6) is 6.28. The smallest absolute Gasteiger partial charge is 0.261 e. The summed E-state index contributed by atoms with van der Waals surface area (Å²) < 4.78 is 1.93. The van der Waals surface area contributed by atoms with Crippen LogP contribution < -0.4 is 5.32 Å². The molecule has 0 unspecified atom stereocenters. The van der Waals surface area contributed by atoms with E-state index in [-0.39, 0.29) is 12.5 Å². The third kappa shape index (κ3) is 3.94. The first-order valence-electron chi connectivity index (χ1n) is 6.56. The van der Waals surface area contributed by atoms with E-state index in [1.807, 2.05) is 30.8 Å². The molecule has 0 saturated heterocycles. The Labute approximate surface area is 127 Å². The average Bonchev–Trinajstić information content (AvgIpc) is 3.03. The van der Waals surface area contributed by atoms with Crippen molar-refractivity contribution in [2.75, 3.05) is 13.2 Å². The lowest BCUT2D eigenvalue weighted by Crippen LogP contribution is -2.25. The fourth-order valence-electron chi connectivity index (χ4n) is 1.85. The minimum atomic E-state index is -0.178. The predicted octanol–water partition coefficient (Wildman–Crippen LogP) is 1.11. The van der Waals surface area contributed by atoms with E-state index in [1.54, 1.807) is 6.20 Å². The Morgan fingerprint density at radius 1 is 1.57 bits per heavy atom. The molecule has 0 atom stereocenters. The number of nitrogens with zero attached hydrogens (tertiary/aromatic N) is 2. The van der Waals surface area contributed by atoms with Crippen LogP contribution in [0.5, 0.6) is 0 Å². The molecule has 2 heterocycles. The predicted molar refractivity (Wildman–Crippen MR) is 82.3 cm³/mol. The van der Waals surface area contributed by atoms with Gasteiger partial charge in [-0.1, -0.05) is 11.8 Å². The first-order chi connectivity index (χ1) is 10.1. The molecule has 0 bridgehead atoms. The van der Waals surface area contributed by atoms with E-state index < -0.39 is 0 Å². The zero-order chi connectivity index (χ0) is 15.2. The lowest BCUT2D eigenvalue weighted by atomic mass is 10.2. The second kappa shape index (κ2) is 7.07. The maximum Gasteiger partial charge on any atom is 0.261 e. The number of aryl methyl sites for hydroxylation is 2. The van der Waals surface area contributed by atoms with Crippen molar-refractivity contribution < 1.29 is 9.90 Å². The normalized spacial score (nSPS) is 10.0. The fourth-order valence-corrected chi connectivity index (χ4v) is 2.81. The van der Waals surface area contributed by atoms with E-state index in [1.165, 1.54) is 11.3 Å². The highest BCUT2D eigenvalue weighted by molar-refractivity contribution is 7.14. The Kier molecular flexibility index (Phi) is 5.14. The van der Waals surface area contributed by atoms with Crippen LogP contribution in [0.15, 0.2) is 18.5 Å². The summed E-state index contributed by atoms with van der Waals surface area (Å²) in [5.41, 5.74) is 0.954. The van der Waals surface area contributed by atoms with Crippen molar-refractivity contribution in [1.82, 2.24) is 14.9 Å². The molecule has 6 heteroatoms. The Hall–Kier alpha value is -2.10. The van der Waals surface area contributed by atoms with Crippen molar-refractivity contribution >= 4 is 17.2 Å². The van der Waals surface area contributed by atoms with Crippen LogP contribution in [0.1, 0.15) is 25.9 Å². The molecule has 2 rings (SSSR count). The summed E-state index contributed by atoms with van der Waals surface area (Å²) in [5, 5.41) is 11.6. The van der Waals surface area contributed by atoms with Gasteiger partial charge in [0.1, 0.15) is 12.4 Å². The SMILES string of the molecule is Cc1cc(C(=O)NCCc2nccn2C)sc1C#CCO. The molecule has 0 aliphatic rings. The molecule has 0 spiro atoms. The first kappa shape index (κ1) is 15.3. The molecular formula is C15H17N3O2S. The van der Waals surface area contributed by atoms with Crippen LogP contribution in [0.4, 0.5) is 0 Å². The number of aromatic nitrogens is 2. The third-order valence-corrected chi connectivity index (χ3v) is 4.13. The molecule has 0 aliphatic carbocycles. The van der Waals surface area contributed by atoms with Gasteiger partial charge in [-0.25, -0.2) is 4.98 Å². The van der Waals surface area contributed by atoms with Gasteiger partial charge in [0, 0.05) is 32.4 Å². The molecule has 110 valence electrons. The number of imidazole rings is 1. The van der Waals surface area contributed by atoms with Crippen LogP contribution in [0.25, 0.3) is 0 Å². The van der Waals surface area contributed by atoms with Crippen LogP contribution in [0.3, 0.4) is 0 Å². The van der Waals surface area contributed by atoms with Gasteiger partial charge in [0.05, 0.1) is 9.75 Å². The largest absolute Gasteiger partial charge is 0.384 e. The van der Waals surface area contributed by atoms with Gasteiger partial charge in [-0.15, -0.1) is 11.3 Å². The van der Waals surface area contributed by atoms with Gasteiger partial charge >= 0.3 is 0 Å². The number of aliphatic hydroxyl groups excluding tert-OH is 1. The second-order valence-corrected chi connectivity index (χ2v) is 5.60. The van der Waals surface area contributed by atoms with Crippen LogP contribution in [-0.4, -0.2) is 33.7 Å². The summed E-state index contributed by atoms with van der Waals surface area (Å²) in [6.45, 7) is 2.27. The van der Waals surface area contributed by atoms with E-state index in [2.05, 4.69) is 22.1 Å². The highest BCUT2D eigenvalue weighted by atomic mass is 32.1. The fraction of sp³-hybridized carbons (Fsp3) is 0.333. The molecular weight excluding hydrogens is 286 g/mol. The quantitative estimate of drug-likeness (QED) is 0.831. The molecule has 2 aromatic rings. The van der Waals surface area contributed by atoms with Crippen LogP contribution in [-0.2, 0) is 13.5 Å². The van der Waals surface area contributed by atoms with E-state index >= 15 is 0 Å². The molecule has 0 aliphatic heterocycles. The van der Waals surface area contributed by atoms with E-state index in [4.69, 9.17) is 5.11 Å². The van der Waals surface area contributed by atoms with Crippen molar-refractivity contribution in [2.24, 2.45) is 7.05 Å². The number of rotatable bonds is 4. The Balaban J connectivity index is 1.93. The van der Waals surface area contributed by atoms with Crippen molar-refractivity contribution in [1.29, 1.82) is 0 Å². The van der Waals surface area contributed by atoms with Gasteiger partial charge in [0.25, 0.3) is 5.91 Å². The van der Waals surface area contributed by atoms with Crippen LogP contribution in [0.2, 0.25) is 0 Å². The second-order valence-electron chi connectivity index (χ2n) is 4.54. The summed E-state index contributed by atoms with van der Waals surface area (Å²) >= 11 is 1.34. The molecule has 21 heavy (non-hydrogen) atoms. The minimum absolute atomic E-state index is 0.102. The first-order valence-corrected chi connectivity index (χ1v) is 7.38. The molecule has 0 aromatic carbocycles. The van der Waals surface area contributed by atoms with E-state index in [0.717, 1.165) is 16.3 Å². The average molecular weight is 303 g/mol. The van der Waals surface area contributed by atoms with Crippen LogP contribution in [0, 0.1) is 18.8 Å². The molecule has 0 radical (unpaired) electrons. The number of aliphatic hydroxyl groups is 1. The molecule has 0 saturated carbocycles. The summed E-state index contributed by atoms with van der Waals surface area (Å²) in [6, 6.07) is 1.82. The maximum absolute atomic E-state index is 12.1. The number of carbonyl (C=O) groups is 1. The number of thiophene rings is 1. The number of carbonyl (C=O) groups excluding carboxylic acids is 1. The number of hydrogen-bond acceptors (Lipinski definition) is 4. The standard InChI is InChI=1S/C15H17N3O2S/c1-11-10-13(21-12(11)4-3-9-19)15(20)17-6-5-14-16-7-8-18(14)2/h7-8,10,19H,5-6,9H2,1-2H3,(H,17,20). The number of amides is 1. The van der Waals surface area contributed by atoms with Gasteiger partial charge in [0.15, 0.2) is 0 Å². The zero-order valence-electron chi connectivity index (χ0n) is 12.0. The minimum Gasteiger partial charge on any atom is -0.384 e. The Morgan fingerprint density at radius 3 is 3.05 bits per heavy atom. The van der Waals surface area contributed by atoms with Crippen molar-refractivity contribution in [2.45, 2.75) is 13.3 Å². The van der Waals surface area contributed by atoms with E-state index in [0.29, 0.717) is 17.8 Å². The summed E-state index contributed by atoms with van der Waals surface area (Å²) in [7, 11) is 1.93. The van der Waals surface area contributed by atoms with Gasteiger partial charge in [-0.05, 0) is 18.6 Å².